The van der Waals surface area contributed by atoms with Crippen LogP contribution < -0.4 is 21.5 Å². The van der Waals surface area contributed by atoms with Crippen LogP contribution in [0.4, 0.5) is 17.6 Å². The van der Waals surface area contributed by atoms with Crippen LogP contribution in [0.15, 0.2) is 6.07 Å². The van der Waals surface area contributed by atoms with E-state index in [0.29, 0.717) is 0 Å². The Kier molecular flexibility index (Phi) is 3.28. The van der Waals surface area contributed by atoms with Crippen LogP contribution >= 0.6 is 0 Å². The predicted molar refractivity (Wildman–Crippen MR) is 69.3 cm³/mol. The molecule has 0 radical (unpaired) electrons. The third kappa shape index (κ3) is 3.29. The van der Waals surface area contributed by atoms with E-state index < -0.39 is 10.0 Å². The Morgan fingerprint density at radius 3 is 2.42 bits per heavy atom. The number of carbonyl (C=O) groups excluding carboxylic acids is 1. The number of hydrogen-bond acceptors (Lipinski definition) is 7. The van der Waals surface area contributed by atoms with Gasteiger partial charge in [-0.1, -0.05) is 0 Å². The summed E-state index contributed by atoms with van der Waals surface area (Å²) in [6.45, 7) is 0.179. The summed E-state index contributed by atoms with van der Waals surface area (Å²) in [6.07, 6.45) is 0.0779. The van der Waals surface area contributed by atoms with E-state index in [1.165, 1.54) is 11.0 Å². The zero-order valence-electron chi connectivity index (χ0n) is 9.98. The lowest BCUT2D eigenvalue weighted by atomic mass is 10.1. The maximum absolute atomic E-state index is 11.8. The number of nitrogens with two attached hydrogens (primary N) is 3. The molecule has 2 rings (SSSR count). The second-order valence-corrected chi connectivity index (χ2v) is 6.08. The molecule has 19 heavy (non-hydrogen) atoms. The van der Waals surface area contributed by atoms with E-state index in [2.05, 4.69) is 9.97 Å². The SMILES string of the molecule is Nc1cc(N)nc(N2CC(CS(N)(=O)=O)CC2=O)n1. The lowest BCUT2D eigenvalue weighted by Gasteiger charge is -2.14. The van der Waals surface area contributed by atoms with Crippen molar-refractivity contribution in [2.75, 3.05) is 28.7 Å². The normalized spacial score (nSPS) is 19.9. The molecular weight excluding hydrogens is 272 g/mol. The molecule has 2 heterocycles. The molecule has 6 N–H and O–H groups in total. The molecule has 1 aliphatic heterocycles. The minimum atomic E-state index is -3.62. The molecule has 104 valence electrons. The first-order chi connectivity index (χ1) is 8.74. The van der Waals surface area contributed by atoms with E-state index in [1.807, 2.05) is 0 Å². The van der Waals surface area contributed by atoms with Crippen molar-refractivity contribution < 1.29 is 13.2 Å². The fourth-order valence-corrected chi connectivity index (χ4v) is 2.89. The summed E-state index contributed by atoms with van der Waals surface area (Å²) in [7, 11) is -3.62. The number of sulfonamides is 1. The van der Waals surface area contributed by atoms with Crippen LogP contribution in [0.25, 0.3) is 0 Å². The largest absolute Gasteiger partial charge is 0.383 e. The average molecular weight is 286 g/mol. The van der Waals surface area contributed by atoms with Crippen LogP contribution in [-0.4, -0.2) is 36.6 Å². The third-order valence-corrected chi connectivity index (χ3v) is 3.60. The van der Waals surface area contributed by atoms with Gasteiger partial charge in [-0.15, -0.1) is 0 Å². The Hall–Kier alpha value is -1.94. The van der Waals surface area contributed by atoms with E-state index in [9.17, 15) is 13.2 Å². The second-order valence-electron chi connectivity index (χ2n) is 4.42. The van der Waals surface area contributed by atoms with Gasteiger partial charge in [-0.2, -0.15) is 9.97 Å². The lowest BCUT2D eigenvalue weighted by Crippen LogP contribution is -2.29. The van der Waals surface area contributed by atoms with Crippen LogP contribution in [-0.2, 0) is 14.8 Å². The number of primary sulfonamides is 1. The highest BCUT2D eigenvalue weighted by atomic mass is 32.2. The van der Waals surface area contributed by atoms with Crippen LogP contribution in [0.5, 0.6) is 0 Å². The van der Waals surface area contributed by atoms with Crippen LogP contribution in [0.2, 0.25) is 0 Å². The number of nitrogens with zero attached hydrogens (tertiary/aromatic N) is 3. The van der Waals surface area contributed by atoms with Gasteiger partial charge >= 0.3 is 0 Å². The molecule has 1 aromatic heterocycles. The molecular formula is C9H14N6O3S. The van der Waals surface area contributed by atoms with Crippen molar-refractivity contribution in [3.63, 3.8) is 0 Å². The topological polar surface area (TPSA) is 158 Å². The van der Waals surface area contributed by atoms with Gasteiger partial charge in [0.2, 0.25) is 21.9 Å². The van der Waals surface area contributed by atoms with Gasteiger partial charge in [-0.3, -0.25) is 9.69 Å². The van der Waals surface area contributed by atoms with Crippen molar-refractivity contribution in [2.45, 2.75) is 6.42 Å². The first-order valence-corrected chi connectivity index (χ1v) is 7.17. The molecule has 0 spiro atoms. The number of anilines is 3. The van der Waals surface area contributed by atoms with Crippen molar-refractivity contribution in [3.8, 4) is 0 Å². The molecule has 10 heteroatoms. The van der Waals surface area contributed by atoms with Crippen molar-refractivity contribution in [3.05, 3.63) is 6.07 Å². The van der Waals surface area contributed by atoms with Crippen LogP contribution in [0.1, 0.15) is 6.42 Å². The highest BCUT2D eigenvalue weighted by molar-refractivity contribution is 7.89. The first kappa shape index (κ1) is 13.5. The maximum Gasteiger partial charge on any atom is 0.236 e. The smallest absolute Gasteiger partial charge is 0.236 e. The molecule has 1 fully saturated rings. The number of hydrogen-bond donors (Lipinski definition) is 3. The summed E-state index contributed by atoms with van der Waals surface area (Å²) < 4.78 is 22.0. The van der Waals surface area contributed by atoms with Gasteiger partial charge in [0.05, 0.1) is 5.75 Å². The van der Waals surface area contributed by atoms with Crippen molar-refractivity contribution >= 4 is 33.5 Å². The zero-order chi connectivity index (χ0) is 14.2. The highest BCUT2D eigenvalue weighted by Gasteiger charge is 2.34. The quantitative estimate of drug-likeness (QED) is 0.596. The minimum Gasteiger partial charge on any atom is -0.383 e. The van der Waals surface area contributed by atoms with Gasteiger partial charge in [0.15, 0.2) is 0 Å². The Morgan fingerprint density at radius 1 is 1.32 bits per heavy atom. The summed E-state index contributed by atoms with van der Waals surface area (Å²) in [5, 5.41) is 4.96. The molecule has 1 aliphatic rings. The second kappa shape index (κ2) is 4.63. The molecule has 0 bridgehead atoms. The minimum absolute atomic E-state index is 0.0779. The van der Waals surface area contributed by atoms with E-state index in [4.69, 9.17) is 16.6 Å². The van der Waals surface area contributed by atoms with Gasteiger partial charge in [-0.05, 0) is 0 Å². The number of amides is 1. The summed E-state index contributed by atoms with van der Waals surface area (Å²) in [4.78, 5) is 20.9. The predicted octanol–water partition coefficient (Wildman–Crippen LogP) is -1.72. The lowest BCUT2D eigenvalue weighted by molar-refractivity contribution is -0.117. The summed E-state index contributed by atoms with van der Waals surface area (Å²) in [5.41, 5.74) is 11.0. The Labute approximate surface area is 109 Å². The van der Waals surface area contributed by atoms with Crippen molar-refractivity contribution in [1.29, 1.82) is 0 Å². The highest BCUT2D eigenvalue weighted by Crippen LogP contribution is 2.24. The van der Waals surface area contributed by atoms with Gasteiger partial charge in [0, 0.05) is 24.9 Å². The van der Waals surface area contributed by atoms with Crippen LogP contribution in [0.3, 0.4) is 0 Å². The molecule has 1 unspecified atom stereocenters. The maximum atomic E-state index is 11.8. The monoisotopic (exact) mass is 286 g/mol. The van der Waals surface area contributed by atoms with E-state index >= 15 is 0 Å². The van der Waals surface area contributed by atoms with Crippen molar-refractivity contribution in [1.82, 2.24) is 9.97 Å². The summed E-state index contributed by atoms with van der Waals surface area (Å²) in [6, 6.07) is 1.37. The summed E-state index contributed by atoms with van der Waals surface area (Å²) in [5.74, 6) is -0.547. The Balaban J connectivity index is 2.20. The molecule has 1 amide bonds. The van der Waals surface area contributed by atoms with Crippen LogP contribution in [0, 0.1) is 5.92 Å². The standard InChI is InChI=1S/C9H14N6O3S/c10-6-2-7(11)14-9(13-6)15-3-5(1-8(15)16)4-19(12,17)18/h2,5H,1,3-4H2,(H2,12,17,18)(H4,10,11,13,14). The van der Waals surface area contributed by atoms with Gasteiger partial charge < -0.3 is 11.5 Å². The number of aromatic nitrogens is 2. The third-order valence-electron chi connectivity index (χ3n) is 2.67. The average Bonchev–Trinajstić information content (AvgIpc) is 2.54. The van der Waals surface area contributed by atoms with E-state index in [0.717, 1.165) is 0 Å². The zero-order valence-corrected chi connectivity index (χ0v) is 10.8. The molecule has 0 saturated carbocycles. The molecule has 1 aromatic rings. The molecule has 0 aliphatic carbocycles. The molecule has 9 nitrogen and oxygen atoms in total. The van der Waals surface area contributed by atoms with Crippen molar-refractivity contribution in [2.24, 2.45) is 11.1 Å². The number of nitrogen functional groups attached to an aromatic ring is 2. The molecule has 1 saturated heterocycles. The van der Waals surface area contributed by atoms with Gasteiger partial charge in [0.1, 0.15) is 11.6 Å². The number of rotatable bonds is 3. The Morgan fingerprint density at radius 2 is 1.89 bits per heavy atom. The Bertz CT molecular complexity index is 596. The number of carbonyl (C=O) groups is 1. The molecule has 0 aromatic carbocycles. The molecule has 1 atom stereocenters. The van der Waals surface area contributed by atoms with E-state index in [1.54, 1.807) is 0 Å². The van der Waals surface area contributed by atoms with E-state index in [-0.39, 0.29) is 48.1 Å². The van der Waals surface area contributed by atoms with Gasteiger partial charge in [-0.25, -0.2) is 13.6 Å². The fourth-order valence-electron chi connectivity index (χ4n) is 2.01. The van der Waals surface area contributed by atoms with Gasteiger partial charge in [0.25, 0.3) is 0 Å². The first-order valence-electron chi connectivity index (χ1n) is 5.45. The fraction of sp³-hybridized carbons (Fsp3) is 0.444. The summed E-state index contributed by atoms with van der Waals surface area (Å²) >= 11 is 0.